The Bertz CT molecular complexity index is 717. The molecule has 0 saturated carbocycles. The number of nitrogens with two attached hydrogens (primary N) is 1. The molecule has 1 aliphatic heterocycles. The lowest BCUT2D eigenvalue weighted by atomic mass is 9.90. The zero-order chi connectivity index (χ0) is 17.1. The third-order valence-corrected chi connectivity index (χ3v) is 4.80. The normalized spacial score (nSPS) is 20.9. The second kappa shape index (κ2) is 7.09. The predicted molar refractivity (Wildman–Crippen MR) is 94.5 cm³/mol. The second-order valence-electron chi connectivity index (χ2n) is 6.48. The summed E-state index contributed by atoms with van der Waals surface area (Å²) in [4.78, 5) is 24.1. The summed E-state index contributed by atoms with van der Waals surface area (Å²) in [6.45, 7) is 5.29. The summed E-state index contributed by atoms with van der Waals surface area (Å²) >= 11 is 0. The van der Waals surface area contributed by atoms with Crippen molar-refractivity contribution in [1.29, 1.82) is 0 Å². The van der Waals surface area contributed by atoms with Crippen LogP contribution in [-0.2, 0) is 0 Å². The van der Waals surface area contributed by atoms with Crippen LogP contribution in [0, 0.1) is 12.8 Å². The molecule has 1 unspecified atom stereocenters. The van der Waals surface area contributed by atoms with Crippen molar-refractivity contribution >= 4 is 5.91 Å². The number of carbonyl (C=O) groups excluding carboxylic acids is 1. The fourth-order valence-electron chi connectivity index (χ4n) is 3.45. The van der Waals surface area contributed by atoms with E-state index >= 15 is 0 Å². The summed E-state index contributed by atoms with van der Waals surface area (Å²) in [5.41, 5.74) is 8.80. The van der Waals surface area contributed by atoms with Gasteiger partial charge in [-0.05, 0) is 49.9 Å². The number of likely N-dealkylation sites (tertiary alicyclic amines) is 1. The van der Waals surface area contributed by atoms with Crippen LogP contribution in [0.5, 0.6) is 0 Å². The molecule has 0 aromatic carbocycles. The number of aromatic nitrogens is 2. The number of rotatable bonds is 3. The molecule has 0 bridgehead atoms. The molecule has 2 aromatic heterocycles. The van der Waals surface area contributed by atoms with E-state index in [0.29, 0.717) is 18.2 Å². The minimum Gasteiger partial charge on any atom is -0.333 e. The first-order valence-corrected chi connectivity index (χ1v) is 8.52. The lowest BCUT2D eigenvalue weighted by molar-refractivity contribution is 0.0527. The van der Waals surface area contributed by atoms with Gasteiger partial charge in [0.1, 0.15) is 5.69 Å². The summed E-state index contributed by atoms with van der Waals surface area (Å²) in [5.74, 6) is 0.372. The number of aryl methyl sites for hydroxylation is 1. The molecule has 2 atom stereocenters. The van der Waals surface area contributed by atoms with E-state index in [1.54, 1.807) is 6.20 Å². The van der Waals surface area contributed by atoms with Gasteiger partial charge in [-0.2, -0.15) is 0 Å². The average molecular weight is 324 g/mol. The van der Waals surface area contributed by atoms with Gasteiger partial charge in [0.05, 0.1) is 5.69 Å². The maximum absolute atomic E-state index is 13.2. The van der Waals surface area contributed by atoms with Crippen LogP contribution in [0.1, 0.15) is 35.9 Å². The molecule has 2 aromatic rings. The number of hydrogen-bond acceptors (Lipinski definition) is 4. The Balaban J connectivity index is 2.02. The molecule has 5 nitrogen and oxygen atoms in total. The molecule has 1 saturated heterocycles. The van der Waals surface area contributed by atoms with Gasteiger partial charge in [-0.15, -0.1) is 0 Å². The number of carbonyl (C=O) groups is 1. The molecule has 0 radical (unpaired) electrons. The van der Waals surface area contributed by atoms with Crippen molar-refractivity contribution < 1.29 is 4.79 Å². The lowest BCUT2D eigenvalue weighted by Gasteiger charge is -2.39. The minimum absolute atomic E-state index is 0.0404. The maximum atomic E-state index is 13.2. The Morgan fingerprint density at radius 2 is 2.17 bits per heavy atom. The van der Waals surface area contributed by atoms with Gasteiger partial charge in [-0.1, -0.05) is 13.0 Å². The van der Waals surface area contributed by atoms with E-state index in [-0.39, 0.29) is 11.9 Å². The zero-order valence-electron chi connectivity index (χ0n) is 14.3. The number of hydrogen-bond donors (Lipinski definition) is 1. The van der Waals surface area contributed by atoms with Gasteiger partial charge in [-0.3, -0.25) is 9.78 Å². The Morgan fingerprint density at radius 1 is 1.33 bits per heavy atom. The fourth-order valence-corrected chi connectivity index (χ4v) is 3.45. The zero-order valence-corrected chi connectivity index (χ0v) is 14.3. The quantitative estimate of drug-likeness (QED) is 0.942. The Labute approximate surface area is 142 Å². The molecule has 3 rings (SSSR count). The first-order valence-electron chi connectivity index (χ1n) is 8.52. The molecule has 5 heteroatoms. The Morgan fingerprint density at radius 3 is 2.88 bits per heavy atom. The van der Waals surface area contributed by atoms with Crippen molar-refractivity contribution in [2.24, 2.45) is 11.7 Å². The summed E-state index contributed by atoms with van der Waals surface area (Å²) in [5, 5.41) is 0. The highest BCUT2D eigenvalue weighted by Crippen LogP contribution is 2.27. The fraction of sp³-hybridized carbons (Fsp3) is 0.421. The predicted octanol–water partition coefficient (Wildman–Crippen LogP) is 2.65. The molecule has 2 N–H and O–H groups in total. The molecule has 1 amide bonds. The van der Waals surface area contributed by atoms with Crippen LogP contribution in [0.25, 0.3) is 11.3 Å². The van der Waals surface area contributed by atoms with Crippen molar-refractivity contribution in [3.05, 3.63) is 47.9 Å². The van der Waals surface area contributed by atoms with E-state index in [9.17, 15) is 4.79 Å². The van der Waals surface area contributed by atoms with Crippen LogP contribution in [0.4, 0.5) is 0 Å². The van der Waals surface area contributed by atoms with E-state index in [1.807, 2.05) is 42.2 Å². The van der Waals surface area contributed by atoms with Gasteiger partial charge < -0.3 is 10.6 Å². The van der Waals surface area contributed by atoms with Crippen LogP contribution in [0.15, 0.2) is 36.5 Å². The van der Waals surface area contributed by atoms with Crippen molar-refractivity contribution in [3.63, 3.8) is 0 Å². The van der Waals surface area contributed by atoms with Crippen molar-refractivity contribution in [2.75, 3.05) is 13.1 Å². The first-order chi connectivity index (χ1) is 11.6. The van der Waals surface area contributed by atoms with Gasteiger partial charge in [0.2, 0.25) is 0 Å². The number of amides is 1. The molecule has 0 aliphatic carbocycles. The number of nitrogens with zero attached hydrogens (tertiary/aromatic N) is 3. The highest BCUT2D eigenvalue weighted by molar-refractivity contribution is 5.98. The lowest BCUT2D eigenvalue weighted by Crippen LogP contribution is -2.51. The first kappa shape index (κ1) is 16.6. The third-order valence-electron chi connectivity index (χ3n) is 4.80. The molecule has 126 valence electrons. The molecule has 1 aliphatic rings. The van der Waals surface area contributed by atoms with E-state index in [0.717, 1.165) is 36.3 Å². The molecule has 1 fully saturated rings. The highest BCUT2D eigenvalue weighted by atomic mass is 16.2. The minimum atomic E-state index is -0.0404. The van der Waals surface area contributed by atoms with Gasteiger partial charge in [-0.25, -0.2) is 4.98 Å². The average Bonchev–Trinajstić information content (AvgIpc) is 2.61. The largest absolute Gasteiger partial charge is 0.333 e. The van der Waals surface area contributed by atoms with E-state index < -0.39 is 0 Å². The Hall–Kier alpha value is -2.27. The van der Waals surface area contributed by atoms with Crippen LogP contribution < -0.4 is 5.73 Å². The molecular formula is C19H24N4O. The van der Waals surface area contributed by atoms with Gasteiger partial charge in [0.25, 0.3) is 5.91 Å². The smallest absolute Gasteiger partial charge is 0.273 e. The summed E-state index contributed by atoms with van der Waals surface area (Å²) in [7, 11) is 0. The summed E-state index contributed by atoms with van der Waals surface area (Å²) in [6.07, 6.45) is 3.85. The van der Waals surface area contributed by atoms with Gasteiger partial charge in [0, 0.05) is 36.6 Å². The van der Waals surface area contributed by atoms with Crippen LogP contribution in [0.2, 0.25) is 0 Å². The van der Waals surface area contributed by atoms with Crippen LogP contribution in [0.3, 0.4) is 0 Å². The molecule has 0 spiro atoms. The van der Waals surface area contributed by atoms with E-state index in [2.05, 4.69) is 16.9 Å². The third kappa shape index (κ3) is 3.17. The second-order valence-corrected chi connectivity index (χ2v) is 6.48. The van der Waals surface area contributed by atoms with E-state index in [4.69, 9.17) is 5.73 Å². The van der Waals surface area contributed by atoms with Crippen LogP contribution in [-0.4, -0.2) is 39.9 Å². The molecular weight excluding hydrogens is 300 g/mol. The van der Waals surface area contributed by atoms with Crippen molar-refractivity contribution in [3.8, 4) is 11.3 Å². The number of pyridine rings is 2. The van der Waals surface area contributed by atoms with E-state index in [1.165, 1.54) is 0 Å². The maximum Gasteiger partial charge on any atom is 0.273 e. The standard InChI is InChI=1S/C19H24N4O/c1-13-6-5-11-23(17(13)12-20)19(24)18-15(9-8-14(2)22-18)16-7-3-4-10-21-16/h3-4,7-10,13,17H,5-6,11-12,20H2,1-2H3/t13-,17?/m1/s1. The Kier molecular flexibility index (Phi) is 4.90. The van der Waals surface area contributed by atoms with Crippen LogP contribution >= 0.6 is 0 Å². The monoisotopic (exact) mass is 324 g/mol. The number of piperidine rings is 1. The summed E-state index contributed by atoms with van der Waals surface area (Å²) in [6, 6.07) is 9.61. The van der Waals surface area contributed by atoms with Gasteiger partial charge >= 0.3 is 0 Å². The summed E-state index contributed by atoms with van der Waals surface area (Å²) < 4.78 is 0. The SMILES string of the molecule is Cc1ccc(-c2ccccn2)c(C(=O)N2CCC[C@@H](C)C2CN)n1. The van der Waals surface area contributed by atoms with Crippen molar-refractivity contribution in [1.82, 2.24) is 14.9 Å². The van der Waals surface area contributed by atoms with Crippen molar-refractivity contribution in [2.45, 2.75) is 32.7 Å². The molecule has 3 heterocycles. The van der Waals surface area contributed by atoms with Gasteiger partial charge in [0.15, 0.2) is 0 Å². The topological polar surface area (TPSA) is 72.1 Å². The highest BCUT2D eigenvalue weighted by Gasteiger charge is 2.33. The molecule has 24 heavy (non-hydrogen) atoms.